The van der Waals surface area contributed by atoms with Crippen molar-refractivity contribution in [3.63, 3.8) is 0 Å². The van der Waals surface area contributed by atoms with Gasteiger partial charge in [0, 0.05) is 43.9 Å². The van der Waals surface area contributed by atoms with E-state index in [-0.39, 0.29) is 11.8 Å². The molecule has 3 heterocycles. The van der Waals surface area contributed by atoms with Crippen LogP contribution in [-0.4, -0.2) is 52.1 Å². The normalized spacial score (nSPS) is 14.4. The molecule has 0 atom stereocenters. The molecule has 7 nitrogen and oxygen atoms in total. The lowest BCUT2D eigenvalue weighted by atomic mass is 10.1. The summed E-state index contributed by atoms with van der Waals surface area (Å²) in [5.74, 6) is 2.46. The Morgan fingerprint density at radius 1 is 1.13 bits per heavy atom. The van der Waals surface area contributed by atoms with Crippen LogP contribution in [0.25, 0.3) is 11.4 Å². The van der Waals surface area contributed by atoms with Gasteiger partial charge >= 0.3 is 0 Å². The van der Waals surface area contributed by atoms with Crippen molar-refractivity contribution in [2.45, 2.75) is 33.1 Å². The molecule has 0 bridgehead atoms. The first-order valence-corrected chi connectivity index (χ1v) is 10.4. The number of hydrogen-bond acceptors (Lipinski definition) is 6. The van der Waals surface area contributed by atoms with Gasteiger partial charge in [0.25, 0.3) is 0 Å². The number of hydrogen-bond donors (Lipinski definition) is 0. The molecule has 4 rings (SSSR count). The lowest BCUT2D eigenvalue weighted by Gasteiger charge is -2.35. The Morgan fingerprint density at radius 2 is 1.93 bits per heavy atom. The van der Waals surface area contributed by atoms with Gasteiger partial charge in [-0.3, -0.25) is 4.79 Å². The third kappa shape index (κ3) is 4.50. The Bertz CT molecular complexity index is 1000. The van der Waals surface area contributed by atoms with E-state index in [0.717, 1.165) is 30.0 Å². The van der Waals surface area contributed by atoms with Crippen molar-refractivity contribution < 1.29 is 9.32 Å². The average Bonchev–Trinajstić information content (AvgIpc) is 3.25. The molecule has 0 spiro atoms. The van der Waals surface area contributed by atoms with Gasteiger partial charge in [-0.25, -0.2) is 4.98 Å². The lowest BCUT2D eigenvalue weighted by Crippen LogP contribution is -2.49. The summed E-state index contributed by atoms with van der Waals surface area (Å²) < 4.78 is 5.27. The molecule has 156 valence electrons. The smallest absolute Gasteiger partial charge is 0.229 e. The SMILES string of the molecule is Cc1cccc(CC(=O)N2CCN(c3ccc(-c4noc(C(C)C)n4)cn3)CC2)c1. The van der Waals surface area contributed by atoms with Crippen LogP contribution in [0.15, 0.2) is 47.1 Å². The van der Waals surface area contributed by atoms with Crippen LogP contribution in [0.2, 0.25) is 0 Å². The molecule has 1 saturated heterocycles. The third-order valence-corrected chi connectivity index (χ3v) is 5.34. The lowest BCUT2D eigenvalue weighted by molar-refractivity contribution is -0.130. The number of aromatic nitrogens is 3. The quantitative estimate of drug-likeness (QED) is 0.647. The molecule has 0 aliphatic carbocycles. The molecule has 1 amide bonds. The molecule has 7 heteroatoms. The predicted octanol–water partition coefficient (Wildman–Crippen LogP) is 3.45. The number of piperazine rings is 1. The summed E-state index contributed by atoms with van der Waals surface area (Å²) >= 11 is 0. The standard InChI is InChI=1S/C23H27N5O2/c1-16(2)23-25-22(26-30-23)19-7-8-20(24-15-19)27-9-11-28(12-10-27)21(29)14-18-6-4-5-17(3)13-18/h4-8,13,15-16H,9-12,14H2,1-3H3. The summed E-state index contributed by atoms with van der Waals surface area (Å²) in [6, 6.07) is 12.1. The second kappa shape index (κ2) is 8.65. The van der Waals surface area contributed by atoms with Crippen LogP contribution < -0.4 is 4.90 Å². The largest absolute Gasteiger partial charge is 0.353 e. The molecule has 0 unspecified atom stereocenters. The van der Waals surface area contributed by atoms with Gasteiger partial charge in [-0.15, -0.1) is 0 Å². The molecule has 0 radical (unpaired) electrons. The topological polar surface area (TPSA) is 75.4 Å². The summed E-state index contributed by atoms with van der Waals surface area (Å²) in [6.07, 6.45) is 2.23. The van der Waals surface area contributed by atoms with E-state index in [1.165, 1.54) is 5.56 Å². The van der Waals surface area contributed by atoms with Crippen molar-refractivity contribution in [1.29, 1.82) is 0 Å². The highest BCUT2D eigenvalue weighted by molar-refractivity contribution is 5.79. The van der Waals surface area contributed by atoms with E-state index in [4.69, 9.17) is 4.52 Å². The van der Waals surface area contributed by atoms with Crippen LogP contribution in [0, 0.1) is 6.92 Å². The van der Waals surface area contributed by atoms with Crippen molar-refractivity contribution in [3.05, 3.63) is 59.6 Å². The van der Waals surface area contributed by atoms with Crippen LogP contribution in [0.3, 0.4) is 0 Å². The van der Waals surface area contributed by atoms with E-state index in [2.05, 4.69) is 26.1 Å². The van der Waals surface area contributed by atoms with Gasteiger partial charge in [-0.05, 0) is 24.6 Å². The Balaban J connectivity index is 1.34. The summed E-state index contributed by atoms with van der Waals surface area (Å²) in [4.78, 5) is 25.8. The highest BCUT2D eigenvalue weighted by atomic mass is 16.5. The number of pyridine rings is 1. The molecule has 1 aliphatic rings. The van der Waals surface area contributed by atoms with Crippen molar-refractivity contribution >= 4 is 11.7 Å². The number of nitrogens with zero attached hydrogens (tertiary/aromatic N) is 5. The molecular weight excluding hydrogens is 378 g/mol. The Labute approximate surface area is 176 Å². The van der Waals surface area contributed by atoms with Gasteiger partial charge in [0.1, 0.15) is 5.82 Å². The number of aryl methyl sites for hydroxylation is 1. The van der Waals surface area contributed by atoms with Gasteiger partial charge in [0.05, 0.1) is 6.42 Å². The van der Waals surface area contributed by atoms with E-state index in [0.29, 0.717) is 31.2 Å². The summed E-state index contributed by atoms with van der Waals surface area (Å²) in [7, 11) is 0. The minimum Gasteiger partial charge on any atom is -0.353 e. The fraction of sp³-hybridized carbons (Fsp3) is 0.391. The highest BCUT2D eigenvalue weighted by Gasteiger charge is 2.22. The van der Waals surface area contributed by atoms with Crippen molar-refractivity contribution in [3.8, 4) is 11.4 Å². The minimum atomic E-state index is 0.182. The summed E-state index contributed by atoms with van der Waals surface area (Å²) in [6.45, 7) is 9.03. The van der Waals surface area contributed by atoms with Crippen LogP contribution in [0.4, 0.5) is 5.82 Å². The maximum Gasteiger partial charge on any atom is 0.229 e. The first-order valence-electron chi connectivity index (χ1n) is 10.4. The molecule has 1 aliphatic heterocycles. The zero-order valence-corrected chi connectivity index (χ0v) is 17.7. The number of benzene rings is 1. The van der Waals surface area contributed by atoms with Gasteiger partial charge in [-0.2, -0.15) is 4.98 Å². The molecule has 1 aromatic carbocycles. The highest BCUT2D eigenvalue weighted by Crippen LogP contribution is 2.21. The van der Waals surface area contributed by atoms with Crippen molar-refractivity contribution in [2.24, 2.45) is 0 Å². The fourth-order valence-electron chi connectivity index (χ4n) is 3.59. The summed E-state index contributed by atoms with van der Waals surface area (Å²) in [5.41, 5.74) is 3.09. The van der Waals surface area contributed by atoms with E-state index in [1.54, 1.807) is 6.20 Å². The molecule has 30 heavy (non-hydrogen) atoms. The molecule has 0 N–H and O–H groups in total. The molecule has 0 saturated carbocycles. The maximum atomic E-state index is 12.6. The van der Waals surface area contributed by atoms with Crippen LogP contribution >= 0.6 is 0 Å². The maximum absolute atomic E-state index is 12.6. The first-order chi connectivity index (χ1) is 14.5. The predicted molar refractivity (Wildman–Crippen MR) is 115 cm³/mol. The second-order valence-electron chi connectivity index (χ2n) is 8.05. The molecule has 1 fully saturated rings. The minimum absolute atomic E-state index is 0.182. The van der Waals surface area contributed by atoms with E-state index >= 15 is 0 Å². The van der Waals surface area contributed by atoms with Crippen LogP contribution in [0.1, 0.15) is 36.8 Å². The van der Waals surface area contributed by atoms with Gasteiger partial charge < -0.3 is 14.3 Å². The van der Waals surface area contributed by atoms with E-state index in [1.807, 2.05) is 56.0 Å². The van der Waals surface area contributed by atoms with Crippen LogP contribution in [0.5, 0.6) is 0 Å². The number of anilines is 1. The van der Waals surface area contributed by atoms with Gasteiger partial charge in [0.15, 0.2) is 0 Å². The van der Waals surface area contributed by atoms with E-state index in [9.17, 15) is 4.79 Å². The molecular formula is C23H27N5O2. The summed E-state index contributed by atoms with van der Waals surface area (Å²) in [5, 5.41) is 4.04. The Morgan fingerprint density at radius 3 is 2.57 bits per heavy atom. The van der Waals surface area contributed by atoms with Gasteiger partial charge in [-0.1, -0.05) is 48.8 Å². The number of rotatable bonds is 5. The number of carbonyl (C=O) groups is 1. The average molecular weight is 406 g/mol. The number of amides is 1. The zero-order valence-electron chi connectivity index (χ0n) is 17.7. The third-order valence-electron chi connectivity index (χ3n) is 5.34. The number of carbonyl (C=O) groups excluding carboxylic acids is 1. The zero-order chi connectivity index (χ0) is 21.1. The Kier molecular flexibility index (Phi) is 5.79. The van der Waals surface area contributed by atoms with Gasteiger partial charge in [0.2, 0.25) is 17.6 Å². The first kappa shape index (κ1) is 20.1. The van der Waals surface area contributed by atoms with E-state index < -0.39 is 0 Å². The second-order valence-corrected chi connectivity index (χ2v) is 8.05. The molecule has 2 aromatic heterocycles. The van der Waals surface area contributed by atoms with Crippen molar-refractivity contribution in [2.75, 3.05) is 31.1 Å². The molecule has 3 aromatic rings. The fourth-order valence-corrected chi connectivity index (χ4v) is 3.59. The van der Waals surface area contributed by atoms with Crippen molar-refractivity contribution in [1.82, 2.24) is 20.0 Å². The van der Waals surface area contributed by atoms with Crippen LogP contribution in [-0.2, 0) is 11.2 Å². The Hall–Kier alpha value is -3.22. The monoisotopic (exact) mass is 405 g/mol.